The molecule has 0 radical (unpaired) electrons. The molecular formula is C8H9Cl2NO2. The molecule has 1 aromatic carbocycles. The molecule has 0 aliphatic heterocycles. The van der Waals surface area contributed by atoms with Crippen LogP contribution in [-0.2, 0) is 0 Å². The minimum absolute atomic E-state index is 0.0984. The van der Waals surface area contributed by atoms with Crippen LogP contribution < -0.4 is 5.06 Å². The highest BCUT2D eigenvalue weighted by molar-refractivity contribution is 6.44. The van der Waals surface area contributed by atoms with Gasteiger partial charge in [0.1, 0.15) is 11.4 Å². The maximum atomic E-state index is 9.37. The van der Waals surface area contributed by atoms with Crippen molar-refractivity contribution in [2.24, 2.45) is 0 Å². The van der Waals surface area contributed by atoms with Gasteiger partial charge in [0.25, 0.3) is 0 Å². The predicted octanol–water partition coefficient (Wildman–Crippen LogP) is 2.91. The van der Waals surface area contributed by atoms with Crippen LogP contribution in [0.15, 0.2) is 12.1 Å². The van der Waals surface area contributed by atoms with Crippen molar-refractivity contribution in [3.05, 3.63) is 22.2 Å². The molecule has 0 atom stereocenters. The molecule has 5 heteroatoms. The number of hydroxylamine groups is 1. The summed E-state index contributed by atoms with van der Waals surface area (Å²) in [6, 6.07) is 2.84. The fourth-order valence-electron chi connectivity index (χ4n) is 0.933. The molecule has 0 saturated carbocycles. The van der Waals surface area contributed by atoms with Gasteiger partial charge < -0.3 is 5.11 Å². The van der Waals surface area contributed by atoms with E-state index in [9.17, 15) is 10.3 Å². The zero-order chi connectivity index (χ0) is 10.0. The Hall–Kier alpha value is -0.640. The normalized spacial score (nSPS) is 10.2. The summed E-state index contributed by atoms with van der Waals surface area (Å²) in [6.07, 6.45) is 0. The van der Waals surface area contributed by atoms with Gasteiger partial charge in [-0.15, -0.1) is 0 Å². The summed E-state index contributed by atoms with van der Waals surface area (Å²) >= 11 is 11.5. The van der Waals surface area contributed by atoms with Crippen LogP contribution in [0.2, 0.25) is 10.0 Å². The summed E-state index contributed by atoms with van der Waals surface area (Å²) in [5.74, 6) is -0.0984. The van der Waals surface area contributed by atoms with Gasteiger partial charge in [0.2, 0.25) is 0 Å². The van der Waals surface area contributed by atoms with Crippen molar-refractivity contribution in [2.45, 2.75) is 6.92 Å². The lowest BCUT2D eigenvalue weighted by atomic mass is 10.3. The van der Waals surface area contributed by atoms with Gasteiger partial charge in [-0.05, 0) is 19.1 Å². The van der Waals surface area contributed by atoms with E-state index in [4.69, 9.17) is 23.2 Å². The average Bonchev–Trinajstić information content (AvgIpc) is 2.12. The molecule has 0 spiro atoms. The molecule has 72 valence electrons. The van der Waals surface area contributed by atoms with E-state index < -0.39 is 0 Å². The van der Waals surface area contributed by atoms with Crippen molar-refractivity contribution in [1.82, 2.24) is 0 Å². The molecule has 3 nitrogen and oxygen atoms in total. The number of rotatable bonds is 2. The summed E-state index contributed by atoms with van der Waals surface area (Å²) in [4.78, 5) is 0. The number of nitrogens with zero attached hydrogens (tertiary/aromatic N) is 1. The molecule has 1 rings (SSSR count). The molecule has 0 unspecified atom stereocenters. The number of phenolic OH excluding ortho intramolecular Hbond substituents is 1. The molecule has 1 aromatic rings. The number of benzene rings is 1. The molecule has 0 saturated heterocycles. The van der Waals surface area contributed by atoms with Crippen molar-refractivity contribution in [3.63, 3.8) is 0 Å². The largest absolute Gasteiger partial charge is 0.506 e. The van der Waals surface area contributed by atoms with Crippen LogP contribution in [0.5, 0.6) is 5.75 Å². The lowest BCUT2D eigenvalue weighted by Crippen LogP contribution is -2.17. The molecule has 0 fully saturated rings. The first-order chi connectivity index (χ1) is 6.07. The number of anilines is 1. The molecule has 2 N–H and O–H groups in total. The first-order valence-electron chi connectivity index (χ1n) is 3.71. The molecule has 0 aliphatic rings. The Labute approximate surface area is 86.1 Å². The van der Waals surface area contributed by atoms with Crippen molar-refractivity contribution < 1.29 is 10.3 Å². The Morgan fingerprint density at radius 3 is 2.54 bits per heavy atom. The predicted molar refractivity (Wildman–Crippen MR) is 52.9 cm³/mol. The maximum absolute atomic E-state index is 9.37. The highest BCUT2D eigenvalue weighted by Gasteiger charge is 2.14. The third-order valence-electron chi connectivity index (χ3n) is 1.61. The van der Waals surface area contributed by atoms with Gasteiger partial charge in [0.15, 0.2) is 0 Å². The minimum atomic E-state index is -0.0984. The van der Waals surface area contributed by atoms with Gasteiger partial charge in [0.05, 0.1) is 10.0 Å². The quantitative estimate of drug-likeness (QED) is 0.756. The van der Waals surface area contributed by atoms with E-state index in [1.165, 1.54) is 12.1 Å². The molecule has 0 bridgehead atoms. The zero-order valence-electron chi connectivity index (χ0n) is 6.96. The van der Waals surface area contributed by atoms with Crippen molar-refractivity contribution >= 4 is 28.9 Å². The Balaban J connectivity index is 3.25. The van der Waals surface area contributed by atoms with Crippen LogP contribution >= 0.6 is 23.2 Å². The topological polar surface area (TPSA) is 43.7 Å². The van der Waals surface area contributed by atoms with E-state index in [0.717, 1.165) is 5.06 Å². The summed E-state index contributed by atoms with van der Waals surface area (Å²) < 4.78 is 0. The highest BCUT2D eigenvalue weighted by atomic mass is 35.5. The molecule has 0 heterocycles. The summed E-state index contributed by atoms with van der Waals surface area (Å²) in [7, 11) is 0. The summed E-state index contributed by atoms with van der Waals surface area (Å²) in [6.45, 7) is 2.03. The smallest absolute Gasteiger partial charge is 0.142 e. The van der Waals surface area contributed by atoms with Crippen LogP contribution in [0.1, 0.15) is 6.92 Å². The van der Waals surface area contributed by atoms with E-state index in [-0.39, 0.29) is 16.5 Å². The molecule has 13 heavy (non-hydrogen) atoms. The number of hydrogen-bond acceptors (Lipinski definition) is 3. The molecule has 0 aliphatic carbocycles. The lowest BCUT2D eigenvalue weighted by Gasteiger charge is -2.17. The zero-order valence-corrected chi connectivity index (χ0v) is 8.47. The number of phenols is 1. The standard InChI is InChI=1S/C8H9Cl2NO2/c1-2-11(13)8-6(12)4-3-5(9)7(8)10/h3-4,12-13H,2H2,1H3. The Morgan fingerprint density at radius 2 is 2.00 bits per heavy atom. The molecule has 0 aromatic heterocycles. The first kappa shape index (κ1) is 10.4. The fourth-order valence-corrected chi connectivity index (χ4v) is 1.34. The van der Waals surface area contributed by atoms with Gasteiger partial charge in [-0.25, -0.2) is 0 Å². The minimum Gasteiger partial charge on any atom is -0.506 e. The fraction of sp³-hybridized carbons (Fsp3) is 0.250. The average molecular weight is 222 g/mol. The van der Waals surface area contributed by atoms with Crippen molar-refractivity contribution in [3.8, 4) is 5.75 Å². The van der Waals surface area contributed by atoms with Gasteiger partial charge in [-0.2, -0.15) is 0 Å². The molecular weight excluding hydrogens is 213 g/mol. The second-order valence-electron chi connectivity index (χ2n) is 2.44. The Kier molecular flexibility index (Phi) is 3.25. The summed E-state index contributed by atoms with van der Waals surface area (Å²) in [5, 5.41) is 20.0. The number of halogens is 2. The number of aromatic hydroxyl groups is 1. The van der Waals surface area contributed by atoms with E-state index in [1.54, 1.807) is 6.92 Å². The van der Waals surface area contributed by atoms with Crippen LogP contribution in [0.4, 0.5) is 5.69 Å². The Bertz CT molecular complexity index is 317. The Morgan fingerprint density at radius 1 is 1.38 bits per heavy atom. The highest BCUT2D eigenvalue weighted by Crippen LogP contribution is 2.38. The monoisotopic (exact) mass is 221 g/mol. The van der Waals surface area contributed by atoms with E-state index in [1.807, 2.05) is 0 Å². The van der Waals surface area contributed by atoms with Gasteiger partial charge in [-0.1, -0.05) is 23.2 Å². The van der Waals surface area contributed by atoms with Crippen LogP contribution in [0, 0.1) is 0 Å². The second kappa shape index (κ2) is 4.05. The first-order valence-corrected chi connectivity index (χ1v) is 4.47. The SMILES string of the molecule is CCN(O)c1c(O)ccc(Cl)c1Cl. The second-order valence-corrected chi connectivity index (χ2v) is 3.23. The van der Waals surface area contributed by atoms with E-state index >= 15 is 0 Å². The van der Waals surface area contributed by atoms with E-state index in [0.29, 0.717) is 11.6 Å². The van der Waals surface area contributed by atoms with Crippen LogP contribution in [0.3, 0.4) is 0 Å². The number of hydrogen-bond donors (Lipinski definition) is 2. The van der Waals surface area contributed by atoms with Crippen molar-refractivity contribution in [1.29, 1.82) is 0 Å². The van der Waals surface area contributed by atoms with Gasteiger partial charge in [-0.3, -0.25) is 10.3 Å². The van der Waals surface area contributed by atoms with Gasteiger partial charge in [0, 0.05) is 6.54 Å². The third-order valence-corrected chi connectivity index (χ3v) is 2.40. The van der Waals surface area contributed by atoms with Gasteiger partial charge >= 0.3 is 0 Å². The maximum Gasteiger partial charge on any atom is 0.142 e. The molecule has 0 amide bonds. The summed E-state index contributed by atoms with van der Waals surface area (Å²) in [5.41, 5.74) is 0.136. The third kappa shape index (κ3) is 1.99. The van der Waals surface area contributed by atoms with E-state index in [2.05, 4.69) is 0 Å². The lowest BCUT2D eigenvalue weighted by molar-refractivity contribution is 0.256. The van der Waals surface area contributed by atoms with Crippen molar-refractivity contribution in [2.75, 3.05) is 11.6 Å². The van der Waals surface area contributed by atoms with Crippen LogP contribution in [-0.4, -0.2) is 16.9 Å². The van der Waals surface area contributed by atoms with Crippen LogP contribution in [0.25, 0.3) is 0 Å².